The minimum Gasteiger partial charge on any atom is -0.383 e. The molecular weight excluding hydrogens is 549 g/mol. The summed E-state index contributed by atoms with van der Waals surface area (Å²) in [6.45, 7) is 2.33. The standard InChI is InChI=1S/C26H25F3N6O2S2/c1-15-10-17(12-18(11-15)34-24-30-8-5-21(35-24)26(27,28)29)20-14-32-23(38-20)25(37)6-2-16(3-7-25)22(36)31-13-19-4-9-33-39-19/h4-5,8-12,14,16,37H,2-3,6-7,13H2,1H3,(H,31,36)(H,30,34,35). The number of thiazole rings is 1. The Kier molecular flexibility index (Phi) is 7.65. The lowest BCUT2D eigenvalue weighted by Crippen LogP contribution is -2.38. The van der Waals surface area contributed by atoms with Crippen LogP contribution in [0.4, 0.5) is 24.8 Å². The molecule has 0 aliphatic heterocycles. The summed E-state index contributed by atoms with van der Waals surface area (Å²) in [5, 5.41) is 17.8. The van der Waals surface area contributed by atoms with Gasteiger partial charge >= 0.3 is 6.18 Å². The van der Waals surface area contributed by atoms with Crippen LogP contribution in [0.25, 0.3) is 10.4 Å². The normalized spacial score (nSPS) is 19.6. The molecule has 8 nitrogen and oxygen atoms in total. The van der Waals surface area contributed by atoms with Gasteiger partial charge in [0.2, 0.25) is 11.9 Å². The van der Waals surface area contributed by atoms with Gasteiger partial charge < -0.3 is 15.7 Å². The Balaban J connectivity index is 1.25. The van der Waals surface area contributed by atoms with Crippen LogP contribution in [0.1, 0.15) is 46.8 Å². The van der Waals surface area contributed by atoms with Crippen molar-refractivity contribution >= 4 is 40.4 Å². The highest BCUT2D eigenvalue weighted by molar-refractivity contribution is 7.15. The zero-order chi connectivity index (χ0) is 27.6. The van der Waals surface area contributed by atoms with Crippen molar-refractivity contribution in [2.45, 2.75) is 50.9 Å². The van der Waals surface area contributed by atoms with Gasteiger partial charge in [0.1, 0.15) is 16.3 Å². The molecule has 3 aromatic heterocycles. The minimum atomic E-state index is -4.57. The van der Waals surface area contributed by atoms with Gasteiger partial charge in [0.05, 0.1) is 11.4 Å². The molecule has 0 bridgehead atoms. The van der Waals surface area contributed by atoms with Gasteiger partial charge in [-0.3, -0.25) is 4.79 Å². The molecule has 5 rings (SSSR count). The van der Waals surface area contributed by atoms with E-state index in [9.17, 15) is 23.1 Å². The van der Waals surface area contributed by atoms with E-state index in [2.05, 4.69) is 30.0 Å². The average Bonchev–Trinajstić information content (AvgIpc) is 3.60. The summed E-state index contributed by atoms with van der Waals surface area (Å²) in [4.78, 5) is 26.4. The average molecular weight is 575 g/mol. The first-order valence-corrected chi connectivity index (χ1v) is 13.8. The highest BCUT2D eigenvalue weighted by atomic mass is 32.1. The third kappa shape index (κ3) is 6.43. The monoisotopic (exact) mass is 574 g/mol. The number of aryl methyl sites for hydroxylation is 1. The minimum absolute atomic E-state index is 0.0187. The second-order valence-electron chi connectivity index (χ2n) is 9.51. The molecule has 13 heteroatoms. The molecule has 1 amide bonds. The van der Waals surface area contributed by atoms with Gasteiger partial charge in [-0.2, -0.15) is 13.2 Å². The molecule has 1 saturated carbocycles. The number of nitrogens with zero attached hydrogens (tertiary/aromatic N) is 4. The summed E-state index contributed by atoms with van der Waals surface area (Å²) < 4.78 is 43.1. The van der Waals surface area contributed by atoms with E-state index in [-0.39, 0.29) is 17.8 Å². The van der Waals surface area contributed by atoms with Crippen molar-refractivity contribution in [1.82, 2.24) is 24.6 Å². The molecule has 39 heavy (non-hydrogen) atoms. The Morgan fingerprint density at radius 2 is 1.95 bits per heavy atom. The van der Waals surface area contributed by atoms with Crippen molar-refractivity contribution in [3.05, 3.63) is 70.1 Å². The lowest BCUT2D eigenvalue weighted by atomic mass is 9.78. The number of anilines is 2. The Morgan fingerprint density at radius 3 is 2.67 bits per heavy atom. The molecule has 1 aromatic carbocycles. The van der Waals surface area contributed by atoms with E-state index in [1.807, 2.05) is 19.1 Å². The van der Waals surface area contributed by atoms with Crippen molar-refractivity contribution in [1.29, 1.82) is 0 Å². The zero-order valence-electron chi connectivity index (χ0n) is 20.8. The molecular formula is C26H25F3N6O2S2. The molecule has 204 valence electrons. The van der Waals surface area contributed by atoms with Gasteiger partial charge in [-0.25, -0.2) is 19.3 Å². The van der Waals surface area contributed by atoms with Crippen LogP contribution in [-0.4, -0.2) is 30.3 Å². The lowest BCUT2D eigenvalue weighted by Gasteiger charge is -2.33. The Hall–Kier alpha value is -3.42. The molecule has 1 aliphatic rings. The van der Waals surface area contributed by atoms with E-state index in [4.69, 9.17) is 0 Å². The maximum absolute atomic E-state index is 13.0. The van der Waals surface area contributed by atoms with E-state index in [0.717, 1.165) is 33.1 Å². The first-order valence-electron chi connectivity index (χ1n) is 12.2. The molecule has 0 radical (unpaired) electrons. The second-order valence-corrected chi connectivity index (χ2v) is 11.5. The number of carbonyl (C=O) groups excluding carboxylic acids is 1. The number of carbonyl (C=O) groups is 1. The van der Waals surface area contributed by atoms with Gasteiger partial charge in [-0.1, -0.05) is 6.07 Å². The van der Waals surface area contributed by atoms with Crippen LogP contribution in [0.15, 0.2) is 48.9 Å². The fourth-order valence-corrected chi connectivity index (χ4v) is 6.11. The molecule has 3 N–H and O–H groups in total. The SMILES string of the molecule is Cc1cc(Nc2nccc(C(F)(F)F)n2)cc(-c2cnc(C3(O)CCC(C(=O)NCc4ccns4)CC3)s2)c1. The van der Waals surface area contributed by atoms with Gasteiger partial charge in [0.25, 0.3) is 0 Å². The third-order valence-corrected chi connectivity index (χ3v) is 8.56. The van der Waals surface area contributed by atoms with Crippen LogP contribution in [-0.2, 0) is 23.1 Å². The van der Waals surface area contributed by atoms with E-state index >= 15 is 0 Å². The summed E-state index contributed by atoms with van der Waals surface area (Å²) in [5.74, 6) is -0.343. The number of benzene rings is 1. The molecule has 1 fully saturated rings. The fourth-order valence-electron chi connectivity index (χ4n) is 4.55. The number of alkyl halides is 3. The van der Waals surface area contributed by atoms with Crippen LogP contribution in [0.2, 0.25) is 0 Å². The number of aromatic nitrogens is 4. The Morgan fingerprint density at radius 1 is 1.15 bits per heavy atom. The van der Waals surface area contributed by atoms with Crippen molar-refractivity contribution in [3.63, 3.8) is 0 Å². The van der Waals surface area contributed by atoms with Crippen molar-refractivity contribution in [2.24, 2.45) is 5.92 Å². The van der Waals surface area contributed by atoms with Gasteiger partial charge in [0, 0.05) is 35.1 Å². The lowest BCUT2D eigenvalue weighted by molar-refractivity contribution is -0.141. The van der Waals surface area contributed by atoms with Gasteiger partial charge in [0.15, 0.2) is 0 Å². The number of halogens is 3. The summed E-state index contributed by atoms with van der Waals surface area (Å²) in [6.07, 6.45) is 1.83. The first kappa shape index (κ1) is 27.2. The van der Waals surface area contributed by atoms with E-state index < -0.39 is 17.5 Å². The summed E-state index contributed by atoms with van der Waals surface area (Å²) in [7, 11) is 0. The molecule has 0 atom stereocenters. The maximum atomic E-state index is 13.0. The number of nitrogens with one attached hydrogen (secondary N) is 2. The van der Waals surface area contributed by atoms with Crippen molar-refractivity contribution < 1.29 is 23.1 Å². The smallest absolute Gasteiger partial charge is 0.383 e. The number of hydrogen-bond acceptors (Lipinski definition) is 9. The van der Waals surface area contributed by atoms with Crippen LogP contribution >= 0.6 is 22.9 Å². The van der Waals surface area contributed by atoms with Crippen molar-refractivity contribution in [2.75, 3.05) is 5.32 Å². The maximum Gasteiger partial charge on any atom is 0.433 e. The predicted molar refractivity (Wildman–Crippen MR) is 142 cm³/mol. The number of aliphatic hydroxyl groups is 1. The van der Waals surface area contributed by atoms with E-state index in [1.165, 1.54) is 22.9 Å². The van der Waals surface area contributed by atoms with Crippen LogP contribution in [0, 0.1) is 12.8 Å². The van der Waals surface area contributed by atoms with Crippen molar-refractivity contribution in [3.8, 4) is 10.4 Å². The summed E-state index contributed by atoms with van der Waals surface area (Å²) >= 11 is 2.71. The number of hydrogen-bond donors (Lipinski definition) is 3. The van der Waals surface area contributed by atoms with Gasteiger partial charge in [-0.05, 0) is 79.5 Å². The van der Waals surface area contributed by atoms with Crippen LogP contribution in [0.3, 0.4) is 0 Å². The molecule has 0 saturated heterocycles. The van der Waals surface area contributed by atoms with E-state index in [0.29, 0.717) is 42.9 Å². The Labute approximate surface area is 230 Å². The molecule has 1 aliphatic carbocycles. The van der Waals surface area contributed by atoms with Crippen LogP contribution < -0.4 is 10.6 Å². The topological polar surface area (TPSA) is 113 Å². The largest absolute Gasteiger partial charge is 0.433 e. The van der Waals surface area contributed by atoms with Gasteiger partial charge in [-0.15, -0.1) is 11.3 Å². The zero-order valence-corrected chi connectivity index (χ0v) is 22.5. The first-order chi connectivity index (χ1) is 18.6. The summed E-state index contributed by atoms with van der Waals surface area (Å²) in [6, 6.07) is 8.19. The van der Waals surface area contributed by atoms with Crippen LogP contribution in [0.5, 0.6) is 0 Å². The molecule has 0 spiro atoms. The molecule has 4 aromatic rings. The fraction of sp³-hybridized carbons (Fsp3) is 0.346. The number of amides is 1. The molecule has 3 heterocycles. The summed E-state index contributed by atoms with van der Waals surface area (Å²) in [5.41, 5.74) is 0.0604. The van der Waals surface area contributed by atoms with E-state index in [1.54, 1.807) is 24.5 Å². The third-order valence-electron chi connectivity index (χ3n) is 6.58. The Bertz CT molecular complexity index is 1450. The highest BCUT2D eigenvalue weighted by Crippen LogP contribution is 2.43. The molecule has 0 unspecified atom stereocenters. The number of rotatable bonds is 7. The quantitative estimate of drug-likeness (QED) is 0.255. The second kappa shape index (κ2) is 11.0. The predicted octanol–water partition coefficient (Wildman–Crippen LogP) is 5.82. The highest BCUT2D eigenvalue weighted by Gasteiger charge is 2.39.